The van der Waals surface area contributed by atoms with Gasteiger partial charge in [0.25, 0.3) is 5.91 Å². The van der Waals surface area contributed by atoms with Crippen molar-refractivity contribution < 1.29 is 4.79 Å². The molecule has 4 rings (SSSR count). The number of nitrogens with one attached hydrogen (secondary N) is 1. The molecule has 0 spiro atoms. The molecule has 0 fully saturated rings. The average Bonchev–Trinajstić information content (AvgIpc) is 3.30. The third kappa shape index (κ3) is 3.38. The third-order valence-electron chi connectivity index (χ3n) is 5.15. The molecule has 2 heterocycles. The van der Waals surface area contributed by atoms with Crippen LogP contribution in [0, 0.1) is 6.92 Å². The Kier molecular flexibility index (Phi) is 4.86. The van der Waals surface area contributed by atoms with E-state index in [0.717, 1.165) is 47.6 Å². The minimum atomic E-state index is -0.127. The predicted octanol–water partition coefficient (Wildman–Crippen LogP) is 3.06. The van der Waals surface area contributed by atoms with Gasteiger partial charge in [-0.25, -0.2) is 9.67 Å². The Balaban J connectivity index is 1.59. The number of rotatable bonds is 5. The summed E-state index contributed by atoms with van der Waals surface area (Å²) in [6.07, 6.45) is 4.68. The van der Waals surface area contributed by atoms with Gasteiger partial charge in [0, 0.05) is 43.7 Å². The lowest BCUT2D eigenvalue weighted by atomic mass is 10.2. The first-order chi connectivity index (χ1) is 13.5. The maximum absolute atomic E-state index is 12.9. The fraction of sp³-hybridized carbons (Fsp3) is 0.318. The van der Waals surface area contributed by atoms with Crippen molar-refractivity contribution in [3.05, 3.63) is 70.7 Å². The summed E-state index contributed by atoms with van der Waals surface area (Å²) in [5, 5.41) is 7.71. The first-order valence-corrected chi connectivity index (χ1v) is 9.62. The summed E-state index contributed by atoms with van der Waals surface area (Å²) in [5.41, 5.74) is 5.98. The second kappa shape index (κ2) is 7.46. The molecule has 3 aromatic rings. The van der Waals surface area contributed by atoms with Crippen LogP contribution in [0.4, 0.5) is 5.82 Å². The molecule has 0 saturated carbocycles. The van der Waals surface area contributed by atoms with Crippen molar-refractivity contribution in [3.63, 3.8) is 0 Å². The molecule has 2 aromatic heterocycles. The quantitative estimate of drug-likeness (QED) is 0.744. The van der Waals surface area contributed by atoms with Gasteiger partial charge in [0.15, 0.2) is 5.69 Å². The van der Waals surface area contributed by atoms with Crippen molar-refractivity contribution in [1.82, 2.24) is 20.1 Å². The number of carbonyl (C=O) groups is 1. The maximum Gasteiger partial charge on any atom is 0.272 e. The fourth-order valence-electron chi connectivity index (χ4n) is 3.75. The van der Waals surface area contributed by atoms with Crippen LogP contribution in [0.3, 0.4) is 0 Å². The van der Waals surface area contributed by atoms with Crippen LogP contribution in [-0.4, -0.2) is 34.8 Å². The van der Waals surface area contributed by atoms with Crippen molar-refractivity contribution in [2.24, 2.45) is 0 Å². The van der Waals surface area contributed by atoms with Gasteiger partial charge in [0.2, 0.25) is 0 Å². The van der Waals surface area contributed by atoms with E-state index in [0.29, 0.717) is 12.2 Å². The molecule has 0 unspecified atom stereocenters. The topological polar surface area (TPSA) is 63.1 Å². The minimum absolute atomic E-state index is 0.127. The highest BCUT2D eigenvalue weighted by atomic mass is 16.1. The standard InChI is InChI=1S/C22H25N5O/c1-15-9-11-17(12-10-15)27-19-8-4-7-18(19)20(25-27)22(28)24-14-16-6-5-13-23-21(16)26(2)3/h5-6,9-13H,4,7-8,14H2,1-3H3,(H,24,28). The van der Waals surface area contributed by atoms with E-state index in [-0.39, 0.29) is 5.91 Å². The van der Waals surface area contributed by atoms with E-state index >= 15 is 0 Å². The lowest BCUT2D eigenvalue weighted by Crippen LogP contribution is -2.26. The zero-order chi connectivity index (χ0) is 19.7. The number of benzene rings is 1. The number of hydrogen-bond acceptors (Lipinski definition) is 4. The van der Waals surface area contributed by atoms with Gasteiger partial charge in [0.05, 0.1) is 5.69 Å². The summed E-state index contributed by atoms with van der Waals surface area (Å²) in [4.78, 5) is 19.3. The Hall–Kier alpha value is -3.15. The SMILES string of the molecule is Cc1ccc(-n2nc(C(=O)NCc3cccnc3N(C)C)c3c2CCC3)cc1. The molecule has 1 aliphatic rings. The average molecular weight is 375 g/mol. The summed E-state index contributed by atoms with van der Waals surface area (Å²) in [7, 11) is 3.90. The normalized spacial score (nSPS) is 12.7. The zero-order valence-corrected chi connectivity index (χ0v) is 16.6. The van der Waals surface area contributed by atoms with Crippen molar-refractivity contribution in [3.8, 4) is 5.69 Å². The van der Waals surface area contributed by atoms with E-state index in [9.17, 15) is 4.79 Å². The van der Waals surface area contributed by atoms with Crippen LogP contribution in [0.2, 0.25) is 0 Å². The number of amides is 1. The lowest BCUT2D eigenvalue weighted by Gasteiger charge is -2.16. The van der Waals surface area contributed by atoms with Gasteiger partial charge in [0.1, 0.15) is 5.82 Å². The highest BCUT2D eigenvalue weighted by molar-refractivity contribution is 5.94. The summed E-state index contributed by atoms with van der Waals surface area (Å²) in [6.45, 7) is 2.49. The molecular formula is C22H25N5O. The Morgan fingerprint density at radius 2 is 1.96 bits per heavy atom. The van der Waals surface area contributed by atoms with Gasteiger partial charge in [-0.05, 0) is 44.4 Å². The zero-order valence-electron chi connectivity index (χ0n) is 16.6. The van der Waals surface area contributed by atoms with Crippen LogP contribution < -0.4 is 10.2 Å². The van der Waals surface area contributed by atoms with Crippen LogP contribution in [0.1, 0.15) is 39.3 Å². The number of nitrogens with zero attached hydrogens (tertiary/aromatic N) is 4. The fourth-order valence-corrected chi connectivity index (χ4v) is 3.75. The molecule has 1 N–H and O–H groups in total. The summed E-state index contributed by atoms with van der Waals surface area (Å²) >= 11 is 0. The smallest absolute Gasteiger partial charge is 0.272 e. The minimum Gasteiger partial charge on any atom is -0.362 e. The molecule has 144 valence electrons. The van der Waals surface area contributed by atoms with E-state index in [4.69, 9.17) is 0 Å². The monoisotopic (exact) mass is 375 g/mol. The molecule has 0 saturated heterocycles. The lowest BCUT2D eigenvalue weighted by molar-refractivity contribution is 0.0944. The molecule has 1 aromatic carbocycles. The van der Waals surface area contributed by atoms with Crippen molar-refractivity contribution in [2.75, 3.05) is 19.0 Å². The number of anilines is 1. The van der Waals surface area contributed by atoms with Crippen molar-refractivity contribution >= 4 is 11.7 Å². The van der Waals surface area contributed by atoms with E-state index in [2.05, 4.69) is 46.6 Å². The van der Waals surface area contributed by atoms with Crippen molar-refractivity contribution in [1.29, 1.82) is 0 Å². The summed E-state index contributed by atoms with van der Waals surface area (Å²) in [5.74, 6) is 0.732. The molecular weight excluding hydrogens is 350 g/mol. The maximum atomic E-state index is 12.9. The number of fused-ring (bicyclic) bond motifs is 1. The Bertz CT molecular complexity index is 1000. The summed E-state index contributed by atoms with van der Waals surface area (Å²) in [6, 6.07) is 12.1. The Labute approximate surface area is 165 Å². The summed E-state index contributed by atoms with van der Waals surface area (Å²) < 4.78 is 1.94. The second-order valence-corrected chi connectivity index (χ2v) is 7.44. The molecule has 0 bridgehead atoms. The van der Waals surface area contributed by atoms with Crippen LogP contribution in [0.15, 0.2) is 42.6 Å². The molecule has 6 heteroatoms. The van der Waals surface area contributed by atoms with Crippen molar-refractivity contribution in [2.45, 2.75) is 32.7 Å². The van der Waals surface area contributed by atoms with Gasteiger partial charge in [-0.2, -0.15) is 5.10 Å². The number of hydrogen-bond donors (Lipinski definition) is 1. The molecule has 0 radical (unpaired) electrons. The molecule has 0 aliphatic heterocycles. The van der Waals surface area contributed by atoms with Crippen LogP contribution in [0.25, 0.3) is 5.69 Å². The Morgan fingerprint density at radius 3 is 2.71 bits per heavy atom. The number of carbonyl (C=O) groups excluding carboxylic acids is 1. The first kappa shape index (κ1) is 18.2. The number of pyridine rings is 1. The van der Waals surface area contributed by atoms with E-state index < -0.39 is 0 Å². The number of aryl methyl sites for hydroxylation is 1. The van der Waals surface area contributed by atoms with Gasteiger partial charge in [-0.15, -0.1) is 0 Å². The van der Waals surface area contributed by atoms with Crippen LogP contribution in [-0.2, 0) is 19.4 Å². The van der Waals surface area contributed by atoms with E-state index in [1.807, 2.05) is 35.8 Å². The second-order valence-electron chi connectivity index (χ2n) is 7.44. The molecule has 28 heavy (non-hydrogen) atoms. The van der Waals surface area contributed by atoms with Gasteiger partial charge >= 0.3 is 0 Å². The molecule has 0 atom stereocenters. The molecule has 1 aliphatic carbocycles. The molecule has 1 amide bonds. The largest absolute Gasteiger partial charge is 0.362 e. The van der Waals surface area contributed by atoms with Gasteiger partial charge in [-0.1, -0.05) is 23.8 Å². The third-order valence-corrected chi connectivity index (χ3v) is 5.15. The molecule has 6 nitrogen and oxygen atoms in total. The van der Waals surface area contributed by atoms with E-state index in [1.54, 1.807) is 6.20 Å². The van der Waals surface area contributed by atoms with Crippen LogP contribution in [0.5, 0.6) is 0 Å². The Morgan fingerprint density at radius 1 is 1.18 bits per heavy atom. The van der Waals surface area contributed by atoms with Gasteiger partial charge < -0.3 is 10.2 Å². The highest BCUT2D eigenvalue weighted by Gasteiger charge is 2.27. The van der Waals surface area contributed by atoms with E-state index in [1.165, 1.54) is 5.56 Å². The highest BCUT2D eigenvalue weighted by Crippen LogP contribution is 2.28. The first-order valence-electron chi connectivity index (χ1n) is 9.62. The van der Waals surface area contributed by atoms with Gasteiger partial charge in [-0.3, -0.25) is 4.79 Å². The number of aromatic nitrogens is 3. The predicted molar refractivity (Wildman–Crippen MR) is 110 cm³/mol. The van der Waals surface area contributed by atoms with Crippen LogP contribution >= 0.6 is 0 Å².